The minimum absolute atomic E-state index is 0.0269. The molecule has 2 N–H and O–H groups in total. The highest BCUT2D eigenvalue weighted by Gasteiger charge is 2.29. The fourth-order valence-electron chi connectivity index (χ4n) is 2.45. The van der Waals surface area contributed by atoms with Gasteiger partial charge in [0.15, 0.2) is 0 Å². The molecule has 0 saturated heterocycles. The minimum atomic E-state index is 0.0269. The number of hydrogen-bond donors (Lipinski definition) is 1. The Kier molecular flexibility index (Phi) is 3.08. The van der Waals surface area contributed by atoms with E-state index in [0.29, 0.717) is 0 Å². The molecule has 0 aromatic heterocycles. The molecule has 2 nitrogen and oxygen atoms in total. The van der Waals surface area contributed by atoms with Crippen LogP contribution in [0.25, 0.3) is 0 Å². The van der Waals surface area contributed by atoms with Gasteiger partial charge >= 0.3 is 0 Å². The summed E-state index contributed by atoms with van der Waals surface area (Å²) >= 11 is 0. The van der Waals surface area contributed by atoms with E-state index < -0.39 is 0 Å². The zero-order valence-electron chi connectivity index (χ0n) is 10.3. The fourth-order valence-corrected chi connectivity index (χ4v) is 2.45. The summed E-state index contributed by atoms with van der Waals surface area (Å²) < 4.78 is 6.17. The first-order valence-electron chi connectivity index (χ1n) is 6.14. The number of aryl methyl sites for hydroxylation is 1. The van der Waals surface area contributed by atoms with E-state index in [4.69, 9.17) is 10.5 Å². The molecule has 0 spiro atoms. The van der Waals surface area contributed by atoms with E-state index >= 15 is 0 Å². The number of hydrogen-bond acceptors (Lipinski definition) is 2. The Bertz CT molecular complexity index is 367. The lowest BCUT2D eigenvalue weighted by Crippen LogP contribution is -2.34. The van der Waals surface area contributed by atoms with Crippen molar-refractivity contribution in [1.29, 1.82) is 0 Å². The van der Waals surface area contributed by atoms with Crippen molar-refractivity contribution in [3.05, 3.63) is 23.8 Å². The van der Waals surface area contributed by atoms with E-state index in [1.807, 2.05) is 18.2 Å². The maximum absolute atomic E-state index is 6.17. The largest absolute Gasteiger partial charge is 0.487 e. The van der Waals surface area contributed by atoms with Gasteiger partial charge in [-0.3, -0.25) is 0 Å². The van der Waals surface area contributed by atoms with Crippen molar-refractivity contribution in [3.63, 3.8) is 0 Å². The van der Waals surface area contributed by atoms with E-state index in [1.165, 1.54) is 19.3 Å². The van der Waals surface area contributed by atoms with Crippen molar-refractivity contribution >= 4 is 5.69 Å². The average Bonchev–Trinajstić information content (AvgIpc) is 2.23. The summed E-state index contributed by atoms with van der Waals surface area (Å²) in [5.41, 5.74) is 7.70. The molecule has 2 heteroatoms. The lowest BCUT2D eigenvalue weighted by Gasteiger charge is -2.34. The SMILES string of the molecule is Cc1cc(N)ccc1OC1(C)CCCCC1. The molecule has 0 unspecified atom stereocenters. The number of nitrogens with two attached hydrogens (primary N) is 1. The molecule has 1 fully saturated rings. The molecule has 0 aliphatic heterocycles. The number of benzene rings is 1. The highest BCUT2D eigenvalue weighted by atomic mass is 16.5. The highest BCUT2D eigenvalue weighted by Crippen LogP contribution is 2.34. The zero-order valence-corrected chi connectivity index (χ0v) is 10.3. The van der Waals surface area contributed by atoms with Crippen LogP contribution in [0.1, 0.15) is 44.6 Å². The smallest absolute Gasteiger partial charge is 0.123 e. The van der Waals surface area contributed by atoms with Crippen LogP contribution in [0.4, 0.5) is 5.69 Å². The average molecular weight is 219 g/mol. The summed E-state index contributed by atoms with van der Waals surface area (Å²) in [7, 11) is 0. The topological polar surface area (TPSA) is 35.2 Å². The van der Waals surface area contributed by atoms with Crippen LogP contribution in [0.5, 0.6) is 5.75 Å². The summed E-state index contributed by atoms with van der Waals surface area (Å²) in [6.45, 7) is 4.28. The molecule has 88 valence electrons. The maximum Gasteiger partial charge on any atom is 0.123 e. The van der Waals surface area contributed by atoms with Crippen molar-refractivity contribution in [2.45, 2.75) is 51.6 Å². The Balaban J connectivity index is 2.13. The molecular weight excluding hydrogens is 198 g/mol. The normalized spacial score (nSPS) is 19.4. The summed E-state index contributed by atoms with van der Waals surface area (Å²) in [5.74, 6) is 0.985. The number of ether oxygens (including phenoxy) is 1. The van der Waals surface area contributed by atoms with Crippen molar-refractivity contribution < 1.29 is 4.74 Å². The molecule has 16 heavy (non-hydrogen) atoms. The molecule has 0 radical (unpaired) electrons. The predicted molar refractivity (Wildman–Crippen MR) is 67.7 cm³/mol. The van der Waals surface area contributed by atoms with Gasteiger partial charge in [-0.15, -0.1) is 0 Å². The third-order valence-electron chi connectivity index (χ3n) is 3.47. The summed E-state index contributed by atoms with van der Waals surface area (Å²) in [5, 5.41) is 0. The van der Waals surface area contributed by atoms with E-state index in [-0.39, 0.29) is 5.60 Å². The van der Waals surface area contributed by atoms with Crippen LogP contribution in [0, 0.1) is 6.92 Å². The van der Waals surface area contributed by atoms with Gasteiger partial charge in [0, 0.05) is 5.69 Å². The van der Waals surface area contributed by atoms with E-state index in [9.17, 15) is 0 Å². The summed E-state index contributed by atoms with van der Waals surface area (Å²) in [6, 6.07) is 5.88. The number of rotatable bonds is 2. The third kappa shape index (κ3) is 2.49. The third-order valence-corrected chi connectivity index (χ3v) is 3.47. The predicted octanol–water partition coefficient (Wildman–Crippen LogP) is 3.68. The molecular formula is C14H21NO. The van der Waals surface area contributed by atoms with Gasteiger partial charge in [-0.05, 0) is 63.3 Å². The monoisotopic (exact) mass is 219 g/mol. The summed E-state index contributed by atoms with van der Waals surface area (Å²) in [6.07, 6.45) is 6.24. The Hall–Kier alpha value is -1.18. The van der Waals surface area contributed by atoms with Crippen LogP contribution in [0.15, 0.2) is 18.2 Å². The molecule has 0 heterocycles. The van der Waals surface area contributed by atoms with Crippen LogP contribution in [-0.2, 0) is 0 Å². The van der Waals surface area contributed by atoms with Crippen LogP contribution in [0.3, 0.4) is 0 Å². The summed E-state index contributed by atoms with van der Waals surface area (Å²) in [4.78, 5) is 0. The molecule has 0 amide bonds. The first-order valence-corrected chi connectivity index (χ1v) is 6.14. The van der Waals surface area contributed by atoms with Crippen LogP contribution < -0.4 is 10.5 Å². The molecule has 1 aliphatic carbocycles. The van der Waals surface area contributed by atoms with Gasteiger partial charge in [-0.1, -0.05) is 6.42 Å². The van der Waals surface area contributed by atoms with Crippen molar-refractivity contribution in [3.8, 4) is 5.75 Å². The Morgan fingerprint density at radius 1 is 1.19 bits per heavy atom. The van der Waals surface area contributed by atoms with Gasteiger partial charge in [-0.25, -0.2) is 0 Å². The number of nitrogen functional groups attached to an aromatic ring is 1. The molecule has 2 rings (SSSR count). The maximum atomic E-state index is 6.17. The molecule has 1 aromatic rings. The quantitative estimate of drug-likeness (QED) is 0.770. The second kappa shape index (κ2) is 4.36. The van der Waals surface area contributed by atoms with Gasteiger partial charge in [0.25, 0.3) is 0 Å². The first-order chi connectivity index (χ1) is 7.59. The van der Waals surface area contributed by atoms with Crippen molar-refractivity contribution in [1.82, 2.24) is 0 Å². The van der Waals surface area contributed by atoms with Gasteiger partial charge in [0.05, 0.1) is 0 Å². The van der Waals surface area contributed by atoms with Gasteiger partial charge in [-0.2, -0.15) is 0 Å². The van der Waals surface area contributed by atoms with Gasteiger partial charge in [0.2, 0.25) is 0 Å². The lowest BCUT2D eigenvalue weighted by atomic mass is 9.86. The van der Waals surface area contributed by atoms with Crippen LogP contribution >= 0.6 is 0 Å². The van der Waals surface area contributed by atoms with E-state index in [1.54, 1.807) is 0 Å². The minimum Gasteiger partial charge on any atom is -0.487 e. The standard InChI is InChI=1S/C14H21NO/c1-11-10-12(15)6-7-13(11)16-14(2)8-4-3-5-9-14/h6-7,10H,3-5,8-9,15H2,1-2H3. The fraction of sp³-hybridized carbons (Fsp3) is 0.571. The zero-order chi connectivity index (χ0) is 11.6. The second-order valence-corrected chi connectivity index (χ2v) is 5.14. The molecule has 1 saturated carbocycles. The van der Waals surface area contributed by atoms with Crippen molar-refractivity contribution in [2.24, 2.45) is 0 Å². The number of anilines is 1. The molecule has 1 aromatic carbocycles. The molecule has 0 atom stereocenters. The first kappa shape index (κ1) is 11.3. The second-order valence-electron chi connectivity index (χ2n) is 5.14. The highest BCUT2D eigenvalue weighted by molar-refractivity contribution is 5.47. The Morgan fingerprint density at radius 3 is 2.50 bits per heavy atom. The van der Waals surface area contributed by atoms with E-state index in [2.05, 4.69) is 13.8 Å². The van der Waals surface area contributed by atoms with Gasteiger partial charge in [0.1, 0.15) is 11.4 Å². The Labute approximate surface area is 97.8 Å². The van der Waals surface area contributed by atoms with Crippen LogP contribution in [0.2, 0.25) is 0 Å². The lowest BCUT2D eigenvalue weighted by molar-refractivity contribution is 0.0480. The van der Waals surface area contributed by atoms with E-state index in [0.717, 1.165) is 29.8 Å². The molecule has 1 aliphatic rings. The molecule has 0 bridgehead atoms. The van der Waals surface area contributed by atoms with Gasteiger partial charge < -0.3 is 10.5 Å². The van der Waals surface area contributed by atoms with Crippen molar-refractivity contribution in [2.75, 3.05) is 5.73 Å². The van der Waals surface area contributed by atoms with Crippen LogP contribution in [-0.4, -0.2) is 5.60 Å². The Morgan fingerprint density at radius 2 is 1.88 bits per heavy atom.